The van der Waals surface area contributed by atoms with E-state index in [1.165, 1.54) is 12.3 Å². The Hall–Kier alpha value is -2.20. The zero-order valence-electron chi connectivity index (χ0n) is 13.2. The molecule has 1 saturated heterocycles. The predicted molar refractivity (Wildman–Crippen MR) is 78.9 cm³/mol. The van der Waals surface area contributed by atoms with Gasteiger partial charge in [-0.1, -0.05) is 6.58 Å². The standard InChI is InChI=1S/C14H19F2N3O5/c1-7(2)23-13(21)22-6-9-11(20)14(15,16)12(24-9)19-5-4-10(17)18-8(19)3/h4-5,7,9,11-12,20H,3,6H2,1-2H3,(H2,17,18)/t9-,11+,12-/m1/s1. The second-order valence-corrected chi connectivity index (χ2v) is 5.55. The molecule has 2 aliphatic rings. The number of hydrogen-bond acceptors (Lipinski definition) is 8. The Bertz CT molecular complexity index is 579. The molecule has 0 amide bonds. The molecule has 0 unspecified atom stereocenters. The van der Waals surface area contributed by atoms with Gasteiger partial charge in [-0.3, -0.25) is 0 Å². The minimum absolute atomic E-state index is 0.0624. The van der Waals surface area contributed by atoms with Gasteiger partial charge in [-0.2, -0.15) is 8.78 Å². The van der Waals surface area contributed by atoms with Crippen LogP contribution in [0.25, 0.3) is 0 Å². The topological polar surface area (TPSA) is 107 Å². The van der Waals surface area contributed by atoms with Gasteiger partial charge in [0.15, 0.2) is 6.10 Å². The van der Waals surface area contributed by atoms with Crippen molar-refractivity contribution < 1.29 is 32.9 Å². The second kappa shape index (κ2) is 6.73. The molecule has 0 aromatic carbocycles. The van der Waals surface area contributed by atoms with Gasteiger partial charge in [-0.15, -0.1) is 0 Å². The Balaban J connectivity index is 2.04. The van der Waals surface area contributed by atoms with Gasteiger partial charge >= 0.3 is 12.1 Å². The molecule has 0 spiro atoms. The minimum atomic E-state index is -3.65. The third-order valence-corrected chi connectivity index (χ3v) is 3.29. The van der Waals surface area contributed by atoms with Crippen molar-refractivity contribution in [3.63, 3.8) is 0 Å². The number of halogens is 2. The first-order chi connectivity index (χ1) is 11.1. The summed E-state index contributed by atoms with van der Waals surface area (Å²) in [5.74, 6) is -3.60. The van der Waals surface area contributed by atoms with Crippen molar-refractivity contribution in [3.05, 3.63) is 24.7 Å². The van der Waals surface area contributed by atoms with E-state index in [0.717, 1.165) is 4.90 Å². The number of rotatable bonds is 4. The molecule has 0 saturated carbocycles. The fraction of sp³-hybridized carbons (Fsp3) is 0.571. The number of nitrogens with zero attached hydrogens (tertiary/aromatic N) is 2. The summed E-state index contributed by atoms with van der Waals surface area (Å²) in [5, 5.41) is 9.80. The van der Waals surface area contributed by atoms with E-state index in [-0.39, 0.29) is 11.7 Å². The Morgan fingerprint density at radius 1 is 1.62 bits per heavy atom. The van der Waals surface area contributed by atoms with E-state index in [4.69, 9.17) is 19.9 Å². The molecule has 0 aromatic rings. The van der Waals surface area contributed by atoms with Gasteiger partial charge in [-0.05, 0) is 19.9 Å². The molecule has 2 heterocycles. The van der Waals surface area contributed by atoms with Crippen molar-refractivity contribution in [2.75, 3.05) is 6.61 Å². The molecule has 2 rings (SSSR count). The maximum absolute atomic E-state index is 14.3. The van der Waals surface area contributed by atoms with Crippen molar-refractivity contribution >= 4 is 12.0 Å². The first kappa shape index (κ1) is 18.1. The highest BCUT2D eigenvalue weighted by Crippen LogP contribution is 2.40. The van der Waals surface area contributed by atoms with Gasteiger partial charge in [0.1, 0.15) is 24.4 Å². The summed E-state index contributed by atoms with van der Waals surface area (Å²) in [7, 11) is 0. The summed E-state index contributed by atoms with van der Waals surface area (Å²) >= 11 is 0. The zero-order valence-corrected chi connectivity index (χ0v) is 13.2. The number of amidine groups is 1. The normalized spacial score (nSPS) is 28.9. The molecule has 0 aliphatic carbocycles. The number of aliphatic hydroxyl groups is 1. The SMILES string of the molecule is C=C1N=C(N)C=CN1[C@@H]1O[C@H](COC(=O)OC(C)C)[C@H](O)C1(F)F. The fourth-order valence-corrected chi connectivity index (χ4v) is 2.18. The van der Waals surface area contributed by atoms with Crippen LogP contribution in [0.1, 0.15) is 13.8 Å². The summed E-state index contributed by atoms with van der Waals surface area (Å²) in [5.41, 5.74) is 5.46. The lowest BCUT2D eigenvalue weighted by molar-refractivity contribution is -0.148. The van der Waals surface area contributed by atoms with E-state index in [1.807, 2.05) is 0 Å². The Morgan fingerprint density at radius 3 is 2.88 bits per heavy atom. The van der Waals surface area contributed by atoms with Crippen molar-refractivity contribution in [1.82, 2.24) is 4.90 Å². The zero-order chi connectivity index (χ0) is 18.1. The highest BCUT2D eigenvalue weighted by atomic mass is 19.3. The maximum Gasteiger partial charge on any atom is 0.508 e. The average molecular weight is 347 g/mol. The summed E-state index contributed by atoms with van der Waals surface area (Å²) in [6.45, 7) is 6.14. The number of nitrogens with two attached hydrogens (primary N) is 1. The number of hydrogen-bond donors (Lipinski definition) is 2. The van der Waals surface area contributed by atoms with Gasteiger partial charge in [0.25, 0.3) is 0 Å². The van der Waals surface area contributed by atoms with Crippen LogP contribution in [0.5, 0.6) is 0 Å². The predicted octanol–water partition coefficient (Wildman–Crippen LogP) is 0.927. The van der Waals surface area contributed by atoms with Crippen LogP contribution in [0.4, 0.5) is 13.6 Å². The first-order valence-electron chi connectivity index (χ1n) is 7.17. The van der Waals surface area contributed by atoms with Gasteiger partial charge in [0.05, 0.1) is 6.10 Å². The van der Waals surface area contributed by atoms with Crippen LogP contribution in [-0.4, -0.2) is 59.1 Å². The number of aliphatic imine (C=N–C) groups is 1. The highest BCUT2D eigenvalue weighted by molar-refractivity contribution is 5.92. The molecule has 24 heavy (non-hydrogen) atoms. The van der Waals surface area contributed by atoms with Crippen molar-refractivity contribution in [2.24, 2.45) is 10.7 Å². The van der Waals surface area contributed by atoms with Crippen molar-refractivity contribution in [1.29, 1.82) is 0 Å². The van der Waals surface area contributed by atoms with E-state index < -0.39 is 43.2 Å². The average Bonchev–Trinajstić information content (AvgIpc) is 2.68. The molecule has 1 fully saturated rings. The summed E-state index contributed by atoms with van der Waals surface area (Å²) in [4.78, 5) is 16.0. The van der Waals surface area contributed by atoms with Crippen LogP contribution in [0.15, 0.2) is 29.7 Å². The quantitative estimate of drug-likeness (QED) is 0.729. The Kier molecular flexibility index (Phi) is 5.09. The molecule has 3 atom stereocenters. The molecule has 0 bridgehead atoms. The molecule has 2 aliphatic heterocycles. The molecule has 0 aromatic heterocycles. The number of carbonyl (C=O) groups excluding carboxylic acids is 1. The van der Waals surface area contributed by atoms with E-state index in [9.17, 15) is 18.7 Å². The van der Waals surface area contributed by atoms with Crippen LogP contribution in [0, 0.1) is 0 Å². The Morgan fingerprint density at radius 2 is 2.29 bits per heavy atom. The summed E-state index contributed by atoms with van der Waals surface area (Å²) in [6, 6.07) is 0. The van der Waals surface area contributed by atoms with Crippen LogP contribution in [0.3, 0.4) is 0 Å². The largest absolute Gasteiger partial charge is 0.508 e. The van der Waals surface area contributed by atoms with Crippen molar-refractivity contribution in [3.8, 4) is 0 Å². The van der Waals surface area contributed by atoms with Gasteiger partial charge in [0, 0.05) is 6.20 Å². The van der Waals surface area contributed by atoms with E-state index >= 15 is 0 Å². The fourth-order valence-electron chi connectivity index (χ4n) is 2.18. The maximum atomic E-state index is 14.3. The third kappa shape index (κ3) is 3.65. The van der Waals surface area contributed by atoms with Gasteiger partial charge in [-0.25, -0.2) is 9.79 Å². The molecule has 8 nitrogen and oxygen atoms in total. The van der Waals surface area contributed by atoms with Crippen molar-refractivity contribution in [2.45, 2.75) is 44.3 Å². The lowest BCUT2D eigenvalue weighted by Crippen LogP contribution is -2.47. The lowest BCUT2D eigenvalue weighted by atomic mass is 10.1. The van der Waals surface area contributed by atoms with Gasteiger partial charge < -0.3 is 30.0 Å². The van der Waals surface area contributed by atoms with Gasteiger partial charge in [0.2, 0.25) is 6.23 Å². The molecule has 0 radical (unpaired) electrons. The molecule has 10 heteroatoms. The number of alkyl halides is 2. The smallest absolute Gasteiger partial charge is 0.432 e. The van der Waals surface area contributed by atoms with E-state index in [0.29, 0.717) is 0 Å². The summed E-state index contributed by atoms with van der Waals surface area (Å²) in [6.07, 6.45) is -4.41. The molecule has 134 valence electrons. The molecular weight excluding hydrogens is 328 g/mol. The molecular formula is C14H19F2N3O5. The molecule has 3 N–H and O–H groups in total. The third-order valence-electron chi connectivity index (χ3n) is 3.29. The minimum Gasteiger partial charge on any atom is -0.432 e. The second-order valence-electron chi connectivity index (χ2n) is 5.55. The Labute approximate surface area is 137 Å². The van der Waals surface area contributed by atoms with E-state index in [1.54, 1.807) is 13.8 Å². The number of ether oxygens (including phenoxy) is 3. The first-order valence-corrected chi connectivity index (χ1v) is 7.17. The lowest BCUT2D eigenvalue weighted by Gasteiger charge is -2.31. The summed E-state index contributed by atoms with van der Waals surface area (Å²) < 4.78 is 43.2. The highest BCUT2D eigenvalue weighted by Gasteiger charge is 2.61. The van der Waals surface area contributed by atoms with Crippen LogP contribution in [-0.2, 0) is 14.2 Å². The monoisotopic (exact) mass is 347 g/mol. The van der Waals surface area contributed by atoms with Crippen LogP contribution >= 0.6 is 0 Å². The van der Waals surface area contributed by atoms with Crippen LogP contribution < -0.4 is 5.73 Å². The number of aliphatic hydroxyl groups excluding tert-OH is 1. The van der Waals surface area contributed by atoms with Crippen LogP contribution in [0.2, 0.25) is 0 Å². The van der Waals surface area contributed by atoms with E-state index in [2.05, 4.69) is 11.6 Å². The number of carbonyl (C=O) groups is 1.